The molecule has 0 radical (unpaired) electrons. The molecule has 1 aromatic carbocycles. The molecular weight excluding hydrogens is 353 g/mol. The summed E-state index contributed by atoms with van der Waals surface area (Å²) >= 11 is 0. The molecule has 6 nitrogen and oxygen atoms in total. The SMILES string of the molecule is O=C(/C=C/c1ccc(C(F)(F)F)cc1)OCc1nnc(-c2ccco2)o1. The Labute approximate surface area is 144 Å². The zero-order chi connectivity index (χ0) is 18.6. The van der Waals surface area contributed by atoms with E-state index in [-0.39, 0.29) is 18.4 Å². The standard InChI is InChI=1S/C17H11F3N2O4/c18-17(19,20)12-6-3-11(4-7-12)5-8-15(23)25-10-14-21-22-16(26-14)13-2-1-9-24-13/h1-9H,10H2/b8-5+. The first-order valence-corrected chi connectivity index (χ1v) is 7.30. The Hall–Kier alpha value is -3.36. The van der Waals surface area contributed by atoms with Gasteiger partial charge in [0.25, 0.3) is 11.8 Å². The number of esters is 1. The molecule has 0 bridgehead atoms. The highest BCUT2D eigenvalue weighted by Crippen LogP contribution is 2.29. The molecule has 2 aromatic heterocycles. The first-order valence-electron chi connectivity index (χ1n) is 7.30. The van der Waals surface area contributed by atoms with Crippen molar-refractivity contribution in [2.75, 3.05) is 0 Å². The first kappa shape index (κ1) is 17.5. The van der Waals surface area contributed by atoms with Crippen molar-refractivity contribution in [3.8, 4) is 11.7 Å². The van der Waals surface area contributed by atoms with Crippen LogP contribution in [0.25, 0.3) is 17.7 Å². The molecule has 134 valence electrons. The van der Waals surface area contributed by atoms with Crippen molar-refractivity contribution in [2.45, 2.75) is 12.8 Å². The summed E-state index contributed by atoms with van der Waals surface area (Å²) in [7, 11) is 0. The van der Waals surface area contributed by atoms with Crippen LogP contribution in [-0.4, -0.2) is 16.2 Å². The van der Waals surface area contributed by atoms with Gasteiger partial charge in [0.2, 0.25) is 0 Å². The van der Waals surface area contributed by atoms with Crippen LogP contribution in [0.1, 0.15) is 17.0 Å². The quantitative estimate of drug-likeness (QED) is 0.501. The van der Waals surface area contributed by atoms with Crippen molar-refractivity contribution in [1.29, 1.82) is 0 Å². The number of nitrogens with zero attached hydrogens (tertiary/aromatic N) is 2. The lowest BCUT2D eigenvalue weighted by Crippen LogP contribution is -2.04. The molecule has 0 aliphatic carbocycles. The number of alkyl halides is 3. The second-order valence-electron chi connectivity index (χ2n) is 5.04. The molecule has 0 atom stereocenters. The van der Waals surface area contributed by atoms with Crippen molar-refractivity contribution in [3.63, 3.8) is 0 Å². The minimum absolute atomic E-state index is 0.0766. The van der Waals surface area contributed by atoms with E-state index in [1.807, 2.05) is 0 Å². The fourth-order valence-electron chi connectivity index (χ4n) is 1.94. The van der Waals surface area contributed by atoms with Gasteiger partial charge in [0, 0.05) is 6.08 Å². The molecule has 0 aliphatic rings. The van der Waals surface area contributed by atoms with Crippen LogP contribution >= 0.6 is 0 Å². The van der Waals surface area contributed by atoms with Crippen LogP contribution in [0.4, 0.5) is 13.2 Å². The normalized spacial score (nSPS) is 11.8. The van der Waals surface area contributed by atoms with Gasteiger partial charge >= 0.3 is 12.1 Å². The smallest absolute Gasteiger partial charge is 0.416 e. The Balaban J connectivity index is 1.53. The van der Waals surface area contributed by atoms with Gasteiger partial charge in [0.15, 0.2) is 12.4 Å². The van der Waals surface area contributed by atoms with Gasteiger partial charge in [-0.2, -0.15) is 13.2 Å². The molecule has 0 amide bonds. The molecule has 0 spiro atoms. The van der Waals surface area contributed by atoms with E-state index in [0.717, 1.165) is 18.2 Å². The minimum Gasteiger partial charge on any atom is -0.459 e. The molecular formula is C17H11F3N2O4. The van der Waals surface area contributed by atoms with Crippen LogP contribution in [0.15, 0.2) is 57.6 Å². The molecule has 2 heterocycles. The molecule has 0 unspecified atom stereocenters. The lowest BCUT2D eigenvalue weighted by molar-refractivity contribution is -0.139. The third kappa shape index (κ3) is 4.38. The van der Waals surface area contributed by atoms with Crippen LogP contribution in [0.5, 0.6) is 0 Å². The number of rotatable bonds is 5. The summed E-state index contributed by atoms with van der Waals surface area (Å²) in [5.74, 6) is -0.0889. The van der Waals surface area contributed by atoms with E-state index in [2.05, 4.69) is 10.2 Å². The van der Waals surface area contributed by atoms with Gasteiger partial charge in [-0.15, -0.1) is 10.2 Å². The summed E-state index contributed by atoms with van der Waals surface area (Å²) < 4.78 is 52.7. The predicted octanol–water partition coefficient (Wildman–Crippen LogP) is 4.11. The zero-order valence-corrected chi connectivity index (χ0v) is 13.1. The second-order valence-corrected chi connectivity index (χ2v) is 5.04. The number of hydrogen-bond donors (Lipinski definition) is 0. The van der Waals surface area contributed by atoms with Crippen molar-refractivity contribution < 1.29 is 31.5 Å². The molecule has 0 fully saturated rings. The largest absolute Gasteiger partial charge is 0.459 e. The lowest BCUT2D eigenvalue weighted by Gasteiger charge is -2.05. The van der Waals surface area contributed by atoms with E-state index >= 15 is 0 Å². The maximum Gasteiger partial charge on any atom is 0.416 e. The Morgan fingerprint density at radius 3 is 2.58 bits per heavy atom. The number of halogens is 3. The summed E-state index contributed by atoms with van der Waals surface area (Å²) in [6.07, 6.45) is -0.526. The number of hydrogen-bond acceptors (Lipinski definition) is 6. The van der Waals surface area contributed by atoms with E-state index in [1.54, 1.807) is 12.1 Å². The van der Waals surface area contributed by atoms with Crippen molar-refractivity contribution >= 4 is 12.0 Å². The van der Waals surface area contributed by atoms with Gasteiger partial charge in [-0.3, -0.25) is 0 Å². The summed E-state index contributed by atoms with van der Waals surface area (Å²) in [6.45, 7) is -0.246. The third-order valence-corrected chi connectivity index (χ3v) is 3.19. The van der Waals surface area contributed by atoms with Gasteiger partial charge in [-0.05, 0) is 35.9 Å². The minimum atomic E-state index is -4.40. The average molecular weight is 364 g/mol. The van der Waals surface area contributed by atoms with E-state index < -0.39 is 17.7 Å². The lowest BCUT2D eigenvalue weighted by atomic mass is 10.1. The molecule has 0 saturated carbocycles. The third-order valence-electron chi connectivity index (χ3n) is 3.19. The molecule has 0 N–H and O–H groups in total. The highest BCUT2D eigenvalue weighted by atomic mass is 19.4. The number of aromatic nitrogens is 2. The second kappa shape index (κ2) is 7.26. The summed E-state index contributed by atoms with van der Waals surface area (Å²) in [5.41, 5.74) is -0.339. The Morgan fingerprint density at radius 1 is 1.15 bits per heavy atom. The van der Waals surface area contributed by atoms with Gasteiger partial charge in [-0.1, -0.05) is 12.1 Å². The van der Waals surface area contributed by atoms with Crippen LogP contribution in [-0.2, 0) is 22.3 Å². The van der Waals surface area contributed by atoms with Crippen LogP contribution in [0.3, 0.4) is 0 Å². The summed E-state index contributed by atoms with van der Waals surface area (Å²) in [5, 5.41) is 7.46. The number of carbonyl (C=O) groups excluding carboxylic acids is 1. The topological polar surface area (TPSA) is 78.4 Å². The summed E-state index contributed by atoms with van der Waals surface area (Å²) in [6, 6.07) is 7.65. The van der Waals surface area contributed by atoms with Gasteiger partial charge < -0.3 is 13.6 Å². The molecule has 0 saturated heterocycles. The Bertz CT molecular complexity index is 897. The van der Waals surface area contributed by atoms with Crippen LogP contribution in [0.2, 0.25) is 0 Å². The maximum atomic E-state index is 12.5. The molecule has 3 rings (SSSR count). The van der Waals surface area contributed by atoms with Crippen molar-refractivity contribution in [3.05, 3.63) is 65.8 Å². The van der Waals surface area contributed by atoms with Crippen LogP contribution in [0, 0.1) is 0 Å². The average Bonchev–Trinajstić information content (AvgIpc) is 3.29. The molecule has 3 aromatic rings. The number of furan rings is 1. The fraction of sp³-hybridized carbons (Fsp3) is 0.118. The number of benzene rings is 1. The van der Waals surface area contributed by atoms with E-state index in [0.29, 0.717) is 11.3 Å². The first-order chi connectivity index (χ1) is 12.4. The van der Waals surface area contributed by atoms with Crippen molar-refractivity contribution in [2.24, 2.45) is 0 Å². The molecule has 9 heteroatoms. The molecule has 26 heavy (non-hydrogen) atoms. The maximum absolute atomic E-state index is 12.5. The Morgan fingerprint density at radius 2 is 1.92 bits per heavy atom. The summed E-state index contributed by atoms with van der Waals surface area (Å²) in [4.78, 5) is 11.7. The number of ether oxygens (including phenoxy) is 1. The Kier molecular flexibility index (Phi) is 4.87. The van der Waals surface area contributed by atoms with E-state index in [1.165, 1.54) is 24.5 Å². The monoisotopic (exact) mass is 364 g/mol. The highest BCUT2D eigenvalue weighted by Gasteiger charge is 2.29. The van der Waals surface area contributed by atoms with E-state index in [9.17, 15) is 18.0 Å². The van der Waals surface area contributed by atoms with Crippen molar-refractivity contribution in [1.82, 2.24) is 10.2 Å². The van der Waals surface area contributed by atoms with Gasteiger partial charge in [0.1, 0.15) is 0 Å². The van der Waals surface area contributed by atoms with Crippen LogP contribution < -0.4 is 0 Å². The predicted molar refractivity (Wildman–Crippen MR) is 82.3 cm³/mol. The fourth-order valence-corrected chi connectivity index (χ4v) is 1.94. The van der Waals surface area contributed by atoms with Gasteiger partial charge in [-0.25, -0.2) is 4.79 Å². The highest BCUT2D eigenvalue weighted by molar-refractivity contribution is 5.87. The molecule has 0 aliphatic heterocycles. The van der Waals surface area contributed by atoms with Gasteiger partial charge in [0.05, 0.1) is 11.8 Å². The zero-order valence-electron chi connectivity index (χ0n) is 13.1. The number of carbonyl (C=O) groups is 1. The van der Waals surface area contributed by atoms with E-state index in [4.69, 9.17) is 13.6 Å².